The van der Waals surface area contributed by atoms with Gasteiger partial charge in [-0.15, -0.1) is 0 Å². The van der Waals surface area contributed by atoms with Crippen molar-refractivity contribution in [3.8, 4) is 6.07 Å². The Balaban J connectivity index is 2.58. The van der Waals surface area contributed by atoms with E-state index < -0.39 is 11.8 Å². The molecule has 0 aliphatic carbocycles. The topological polar surface area (TPSA) is 59.8 Å². The molecule has 18 heavy (non-hydrogen) atoms. The number of nitriles is 1. The van der Waals surface area contributed by atoms with Crippen LogP contribution in [-0.4, -0.2) is 16.3 Å². The van der Waals surface area contributed by atoms with E-state index in [0.717, 1.165) is 0 Å². The number of aliphatic hydroxyl groups is 1. The quantitative estimate of drug-likeness (QED) is 0.822. The van der Waals surface area contributed by atoms with Crippen LogP contribution in [-0.2, 0) is 5.60 Å². The summed E-state index contributed by atoms with van der Waals surface area (Å²) in [6, 6.07) is 7.55. The van der Waals surface area contributed by atoms with E-state index in [1.807, 2.05) is 6.07 Å². The number of halogens is 3. The highest BCUT2D eigenvalue weighted by atomic mass is 19.4. The van der Waals surface area contributed by atoms with Crippen LogP contribution in [0.15, 0.2) is 24.3 Å². The van der Waals surface area contributed by atoms with Crippen molar-refractivity contribution in [3.05, 3.63) is 35.5 Å². The third-order valence-corrected chi connectivity index (χ3v) is 2.83. The van der Waals surface area contributed by atoms with Crippen molar-refractivity contribution in [1.29, 1.82) is 5.26 Å². The Morgan fingerprint density at radius 1 is 1.28 bits per heavy atom. The number of rotatable bonds is 1. The Morgan fingerprint density at radius 3 is 2.50 bits per heavy atom. The number of nitrogens with zero attached hydrogens (tertiary/aromatic N) is 1. The molecule has 6 heteroatoms. The van der Waals surface area contributed by atoms with E-state index in [4.69, 9.17) is 5.26 Å². The summed E-state index contributed by atoms with van der Waals surface area (Å²) in [4.78, 5) is 2.51. The standard InChI is InChI=1S/C12H9F3N2O/c1-11(18,12(13,14)15)10-5-8-4-7(6-16)2-3-9(8)17-10/h2-5,17-18H,1H3. The first-order chi connectivity index (χ1) is 8.25. The van der Waals surface area contributed by atoms with E-state index in [0.29, 0.717) is 23.4 Å². The molecule has 0 saturated heterocycles. The van der Waals surface area contributed by atoms with Gasteiger partial charge in [-0.05, 0) is 31.2 Å². The molecule has 0 aliphatic rings. The fraction of sp³-hybridized carbons (Fsp3) is 0.250. The first kappa shape index (κ1) is 12.5. The fourth-order valence-corrected chi connectivity index (χ4v) is 1.62. The molecule has 0 fully saturated rings. The molecule has 0 spiro atoms. The Hall–Kier alpha value is -2.00. The number of hydrogen-bond donors (Lipinski definition) is 2. The Bertz CT molecular complexity index is 635. The lowest BCUT2D eigenvalue weighted by Crippen LogP contribution is -2.39. The van der Waals surface area contributed by atoms with Crippen molar-refractivity contribution >= 4 is 10.9 Å². The number of nitrogens with one attached hydrogen (secondary N) is 1. The summed E-state index contributed by atoms with van der Waals surface area (Å²) in [5.41, 5.74) is -2.51. The van der Waals surface area contributed by atoms with Gasteiger partial charge in [-0.3, -0.25) is 0 Å². The highest BCUT2D eigenvalue weighted by molar-refractivity contribution is 5.82. The van der Waals surface area contributed by atoms with E-state index >= 15 is 0 Å². The minimum Gasteiger partial charge on any atom is -0.375 e. The molecular formula is C12H9F3N2O. The van der Waals surface area contributed by atoms with Crippen LogP contribution in [0.4, 0.5) is 13.2 Å². The molecule has 1 unspecified atom stereocenters. The van der Waals surface area contributed by atoms with Gasteiger partial charge in [-0.25, -0.2) is 0 Å². The second kappa shape index (κ2) is 3.75. The third-order valence-electron chi connectivity index (χ3n) is 2.83. The van der Waals surface area contributed by atoms with Gasteiger partial charge in [-0.1, -0.05) is 0 Å². The van der Waals surface area contributed by atoms with Gasteiger partial charge in [-0.2, -0.15) is 18.4 Å². The molecular weight excluding hydrogens is 245 g/mol. The Kier molecular flexibility index (Phi) is 2.60. The maximum absolute atomic E-state index is 12.7. The van der Waals surface area contributed by atoms with E-state index in [1.54, 1.807) is 0 Å². The number of H-pyrrole nitrogens is 1. The minimum atomic E-state index is -4.77. The van der Waals surface area contributed by atoms with E-state index in [1.165, 1.54) is 24.3 Å². The van der Waals surface area contributed by atoms with Gasteiger partial charge in [0.2, 0.25) is 0 Å². The van der Waals surface area contributed by atoms with Gasteiger partial charge in [0, 0.05) is 10.9 Å². The zero-order valence-electron chi connectivity index (χ0n) is 9.34. The molecule has 0 bridgehead atoms. The summed E-state index contributed by atoms with van der Waals surface area (Å²) in [7, 11) is 0. The maximum Gasteiger partial charge on any atom is 0.422 e. The number of fused-ring (bicyclic) bond motifs is 1. The predicted octanol–water partition coefficient (Wildman–Crippen LogP) is 2.81. The van der Waals surface area contributed by atoms with Gasteiger partial charge in [0.1, 0.15) is 0 Å². The monoisotopic (exact) mass is 254 g/mol. The third kappa shape index (κ3) is 1.83. The molecule has 3 nitrogen and oxygen atoms in total. The molecule has 1 heterocycles. The second-order valence-electron chi connectivity index (χ2n) is 4.17. The molecule has 1 aromatic carbocycles. The zero-order chi connectivity index (χ0) is 13.6. The van der Waals surface area contributed by atoms with Crippen LogP contribution >= 0.6 is 0 Å². The number of aromatic nitrogens is 1. The molecule has 0 saturated carbocycles. The first-order valence-corrected chi connectivity index (χ1v) is 5.08. The molecule has 0 amide bonds. The summed E-state index contributed by atoms with van der Waals surface area (Å²) < 4.78 is 38.0. The van der Waals surface area contributed by atoms with Crippen LogP contribution in [0.1, 0.15) is 18.2 Å². The lowest BCUT2D eigenvalue weighted by Gasteiger charge is -2.24. The van der Waals surface area contributed by atoms with Crippen LogP contribution < -0.4 is 0 Å². The highest BCUT2D eigenvalue weighted by Crippen LogP contribution is 2.39. The molecule has 2 aromatic rings. The van der Waals surface area contributed by atoms with Crippen molar-refractivity contribution in [2.24, 2.45) is 0 Å². The summed E-state index contributed by atoms with van der Waals surface area (Å²) in [5.74, 6) is 0. The van der Waals surface area contributed by atoms with Gasteiger partial charge >= 0.3 is 6.18 Å². The van der Waals surface area contributed by atoms with Crippen LogP contribution in [0.3, 0.4) is 0 Å². The summed E-state index contributed by atoms with van der Waals surface area (Å²) >= 11 is 0. The molecule has 94 valence electrons. The van der Waals surface area contributed by atoms with Crippen molar-refractivity contribution in [3.63, 3.8) is 0 Å². The summed E-state index contributed by atoms with van der Waals surface area (Å²) in [5, 5.41) is 18.7. The number of benzene rings is 1. The van der Waals surface area contributed by atoms with Crippen molar-refractivity contribution in [2.45, 2.75) is 18.7 Å². The van der Waals surface area contributed by atoms with E-state index in [9.17, 15) is 18.3 Å². The van der Waals surface area contributed by atoms with Gasteiger partial charge < -0.3 is 10.1 Å². The lowest BCUT2D eigenvalue weighted by atomic mass is 10.0. The molecule has 2 N–H and O–H groups in total. The lowest BCUT2D eigenvalue weighted by molar-refractivity contribution is -0.260. The highest BCUT2D eigenvalue weighted by Gasteiger charge is 2.52. The summed E-state index contributed by atoms with van der Waals surface area (Å²) in [6.45, 7) is 0.683. The number of alkyl halides is 3. The SMILES string of the molecule is CC(O)(c1cc2cc(C#N)ccc2[nH]1)C(F)(F)F. The van der Waals surface area contributed by atoms with Crippen molar-refractivity contribution < 1.29 is 18.3 Å². The van der Waals surface area contributed by atoms with Crippen LogP contribution in [0.5, 0.6) is 0 Å². The van der Waals surface area contributed by atoms with Crippen molar-refractivity contribution in [2.75, 3.05) is 0 Å². The number of hydrogen-bond acceptors (Lipinski definition) is 2. The van der Waals surface area contributed by atoms with Gasteiger partial charge in [0.05, 0.1) is 17.3 Å². The predicted molar refractivity (Wildman–Crippen MR) is 58.6 cm³/mol. The normalized spacial score (nSPS) is 15.3. The first-order valence-electron chi connectivity index (χ1n) is 5.08. The molecule has 2 rings (SSSR count). The van der Waals surface area contributed by atoms with Crippen LogP contribution in [0, 0.1) is 11.3 Å². The maximum atomic E-state index is 12.7. The van der Waals surface area contributed by atoms with Crippen molar-refractivity contribution in [1.82, 2.24) is 4.98 Å². The average molecular weight is 254 g/mol. The Morgan fingerprint density at radius 2 is 1.94 bits per heavy atom. The smallest absolute Gasteiger partial charge is 0.375 e. The number of aromatic amines is 1. The molecule has 0 aliphatic heterocycles. The molecule has 1 aromatic heterocycles. The largest absolute Gasteiger partial charge is 0.422 e. The van der Waals surface area contributed by atoms with E-state index in [-0.39, 0.29) is 5.69 Å². The van der Waals surface area contributed by atoms with Gasteiger partial charge in [0.15, 0.2) is 5.60 Å². The van der Waals surface area contributed by atoms with Crippen LogP contribution in [0.25, 0.3) is 10.9 Å². The fourth-order valence-electron chi connectivity index (χ4n) is 1.62. The van der Waals surface area contributed by atoms with Gasteiger partial charge in [0.25, 0.3) is 0 Å². The minimum absolute atomic E-state index is 0.347. The van der Waals surface area contributed by atoms with E-state index in [2.05, 4.69) is 4.98 Å². The van der Waals surface area contributed by atoms with Crippen LogP contribution in [0.2, 0.25) is 0 Å². The second-order valence-corrected chi connectivity index (χ2v) is 4.17. The molecule has 1 atom stereocenters. The Labute approximate surface area is 100 Å². The average Bonchev–Trinajstić information content (AvgIpc) is 2.70. The zero-order valence-corrected chi connectivity index (χ0v) is 9.34. The molecule has 0 radical (unpaired) electrons. The summed E-state index contributed by atoms with van der Waals surface area (Å²) in [6.07, 6.45) is -4.77.